The summed E-state index contributed by atoms with van der Waals surface area (Å²) in [5.41, 5.74) is 1.29. The highest BCUT2D eigenvalue weighted by atomic mass is 28.4. The smallest absolute Gasteiger partial charge is 0.311 e. The van der Waals surface area contributed by atoms with Crippen molar-refractivity contribution >= 4 is 18.7 Å². The lowest BCUT2D eigenvalue weighted by atomic mass is 10.1. The van der Waals surface area contributed by atoms with Crippen LogP contribution in [0.2, 0.25) is 6.55 Å². The Bertz CT molecular complexity index is 798. The molecule has 1 unspecified atom stereocenters. The highest BCUT2D eigenvalue weighted by Gasteiger charge is 2.37. The van der Waals surface area contributed by atoms with Gasteiger partial charge in [0.25, 0.3) is 0 Å². The summed E-state index contributed by atoms with van der Waals surface area (Å²) < 4.78 is 6.67. The van der Waals surface area contributed by atoms with Crippen molar-refractivity contribution in [2.75, 3.05) is 0 Å². The molecule has 1 nitrogen and oxygen atoms in total. The molecule has 0 aliphatic rings. The van der Waals surface area contributed by atoms with Crippen molar-refractivity contribution in [1.82, 2.24) is 0 Å². The maximum atomic E-state index is 6.67. The molecule has 120 valence electrons. The molecule has 0 bridgehead atoms. The molecule has 0 aromatic heterocycles. The standard InChI is InChI=1S/C22H22OSi/c1-3-12-19-13-10-11-18-22(19)24(2,21-16-8-5-9-17-21)23-20-14-6-4-7-15-20/h3-11,13-18H,1,12H2,2H3. The van der Waals surface area contributed by atoms with Gasteiger partial charge in [-0.3, -0.25) is 0 Å². The zero-order chi connectivity index (χ0) is 16.8. The van der Waals surface area contributed by atoms with Crippen molar-refractivity contribution in [2.24, 2.45) is 0 Å². The molecule has 24 heavy (non-hydrogen) atoms. The van der Waals surface area contributed by atoms with Crippen molar-refractivity contribution < 1.29 is 4.43 Å². The Labute approximate surface area is 145 Å². The number of allylic oxidation sites excluding steroid dienone is 1. The Hall–Kier alpha value is -2.58. The monoisotopic (exact) mass is 330 g/mol. The molecule has 1 atom stereocenters. The number of rotatable bonds is 6. The Kier molecular flexibility index (Phi) is 4.97. The molecule has 0 aliphatic heterocycles. The van der Waals surface area contributed by atoms with E-state index in [1.165, 1.54) is 15.9 Å². The van der Waals surface area contributed by atoms with Crippen LogP contribution in [-0.4, -0.2) is 8.32 Å². The first-order valence-corrected chi connectivity index (χ1v) is 10.6. The van der Waals surface area contributed by atoms with Crippen LogP contribution in [0.25, 0.3) is 0 Å². The topological polar surface area (TPSA) is 9.23 Å². The maximum Gasteiger partial charge on any atom is 0.311 e. The molecule has 0 amide bonds. The van der Waals surface area contributed by atoms with E-state index in [2.05, 4.69) is 67.7 Å². The van der Waals surface area contributed by atoms with Crippen LogP contribution in [0.4, 0.5) is 0 Å². The fourth-order valence-electron chi connectivity index (χ4n) is 3.07. The fraction of sp³-hybridized carbons (Fsp3) is 0.0909. The molecular formula is C22H22OSi. The molecule has 2 heteroatoms. The van der Waals surface area contributed by atoms with Gasteiger partial charge in [-0.15, -0.1) is 6.58 Å². The normalized spacial score (nSPS) is 13.0. The lowest BCUT2D eigenvalue weighted by Crippen LogP contribution is -2.61. The number of hydrogen-bond donors (Lipinski definition) is 0. The number of para-hydroxylation sites is 1. The molecule has 0 spiro atoms. The number of hydrogen-bond acceptors (Lipinski definition) is 1. The number of benzene rings is 3. The van der Waals surface area contributed by atoms with Crippen LogP contribution in [0, 0.1) is 0 Å². The van der Waals surface area contributed by atoms with Gasteiger partial charge >= 0.3 is 8.32 Å². The Morgan fingerprint density at radius 1 is 0.833 bits per heavy atom. The maximum absolute atomic E-state index is 6.67. The Morgan fingerprint density at radius 2 is 1.42 bits per heavy atom. The van der Waals surface area contributed by atoms with Gasteiger partial charge in [0.15, 0.2) is 0 Å². The van der Waals surface area contributed by atoms with E-state index in [9.17, 15) is 0 Å². The van der Waals surface area contributed by atoms with Crippen LogP contribution < -0.4 is 14.8 Å². The van der Waals surface area contributed by atoms with E-state index in [1.807, 2.05) is 36.4 Å². The lowest BCUT2D eigenvalue weighted by Gasteiger charge is -2.31. The van der Waals surface area contributed by atoms with E-state index < -0.39 is 8.32 Å². The summed E-state index contributed by atoms with van der Waals surface area (Å²) in [5, 5.41) is 2.57. The quantitative estimate of drug-likeness (QED) is 0.486. The SMILES string of the molecule is C=CCc1ccccc1[Si](C)(Oc1ccccc1)c1ccccc1. The summed E-state index contributed by atoms with van der Waals surface area (Å²) >= 11 is 0. The molecule has 3 rings (SSSR count). The first-order chi connectivity index (χ1) is 11.7. The van der Waals surface area contributed by atoms with E-state index in [0.29, 0.717) is 0 Å². The van der Waals surface area contributed by atoms with Crippen molar-refractivity contribution in [3.63, 3.8) is 0 Å². The van der Waals surface area contributed by atoms with E-state index in [4.69, 9.17) is 4.43 Å². The van der Waals surface area contributed by atoms with Crippen LogP contribution in [-0.2, 0) is 6.42 Å². The predicted octanol–water partition coefficient (Wildman–Crippen LogP) is 4.18. The summed E-state index contributed by atoms with van der Waals surface area (Å²) in [4.78, 5) is 0. The van der Waals surface area contributed by atoms with Crippen LogP contribution in [0.3, 0.4) is 0 Å². The molecule has 0 heterocycles. The second kappa shape index (κ2) is 7.32. The van der Waals surface area contributed by atoms with Gasteiger partial charge in [-0.25, -0.2) is 0 Å². The molecule has 0 saturated carbocycles. The average Bonchev–Trinajstić information content (AvgIpc) is 2.64. The van der Waals surface area contributed by atoms with E-state index in [0.717, 1.165) is 12.2 Å². The summed E-state index contributed by atoms with van der Waals surface area (Å²) in [7, 11) is -2.37. The van der Waals surface area contributed by atoms with Crippen molar-refractivity contribution in [1.29, 1.82) is 0 Å². The minimum Gasteiger partial charge on any atom is -0.535 e. The van der Waals surface area contributed by atoms with Crippen LogP contribution in [0.1, 0.15) is 5.56 Å². The summed E-state index contributed by atoms with van der Waals surface area (Å²) in [6.45, 7) is 6.19. The van der Waals surface area contributed by atoms with E-state index >= 15 is 0 Å². The summed E-state index contributed by atoms with van der Waals surface area (Å²) in [5.74, 6) is 0.920. The van der Waals surface area contributed by atoms with Gasteiger partial charge in [0.2, 0.25) is 0 Å². The van der Waals surface area contributed by atoms with Crippen LogP contribution in [0.15, 0.2) is 97.6 Å². The van der Waals surface area contributed by atoms with Gasteiger partial charge in [0.1, 0.15) is 5.75 Å². The van der Waals surface area contributed by atoms with Gasteiger partial charge in [0.05, 0.1) is 0 Å². The van der Waals surface area contributed by atoms with Gasteiger partial charge in [-0.05, 0) is 41.0 Å². The molecule has 3 aromatic rings. The highest BCUT2D eigenvalue weighted by molar-refractivity contribution is 6.97. The second-order valence-corrected chi connectivity index (χ2v) is 9.35. The van der Waals surface area contributed by atoms with Crippen molar-refractivity contribution in [3.8, 4) is 5.75 Å². The minimum atomic E-state index is -2.37. The van der Waals surface area contributed by atoms with Gasteiger partial charge in [0, 0.05) is 0 Å². The highest BCUT2D eigenvalue weighted by Crippen LogP contribution is 2.17. The van der Waals surface area contributed by atoms with Gasteiger partial charge < -0.3 is 4.43 Å². The average molecular weight is 331 g/mol. The van der Waals surface area contributed by atoms with Crippen LogP contribution in [0.5, 0.6) is 5.75 Å². The first kappa shape index (κ1) is 16.3. The molecule has 0 saturated heterocycles. The Morgan fingerprint density at radius 3 is 2.08 bits per heavy atom. The lowest BCUT2D eigenvalue weighted by molar-refractivity contribution is 0.570. The molecule has 3 aromatic carbocycles. The molecule has 0 N–H and O–H groups in total. The van der Waals surface area contributed by atoms with Gasteiger partial charge in [-0.1, -0.05) is 78.9 Å². The van der Waals surface area contributed by atoms with E-state index in [1.54, 1.807) is 0 Å². The molecule has 0 aliphatic carbocycles. The van der Waals surface area contributed by atoms with Crippen LogP contribution >= 0.6 is 0 Å². The third-order valence-electron chi connectivity index (χ3n) is 4.29. The first-order valence-electron chi connectivity index (χ1n) is 8.23. The van der Waals surface area contributed by atoms with Crippen molar-refractivity contribution in [2.45, 2.75) is 13.0 Å². The van der Waals surface area contributed by atoms with E-state index in [-0.39, 0.29) is 0 Å². The largest absolute Gasteiger partial charge is 0.535 e. The third-order valence-corrected chi connectivity index (χ3v) is 7.88. The minimum absolute atomic E-state index is 0.851. The zero-order valence-corrected chi connectivity index (χ0v) is 15.0. The third kappa shape index (κ3) is 3.34. The summed E-state index contributed by atoms with van der Waals surface area (Å²) in [6, 6.07) is 29.3. The Balaban J connectivity index is 2.14. The fourth-order valence-corrected chi connectivity index (χ4v) is 6.26. The van der Waals surface area contributed by atoms with Crippen molar-refractivity contribution in [3.05, 3.63) is 103 Å². The molecule has 0 fully saturated rings. The predicted molar refractivity (Wildman–Crippen MR) is 105 cm³/mol. The molecule has 0 radical (unpaired) electrons. The summed E-state index contributed by atoms with van der Waals surface area (Å²) in [6.07, 6.45) is 2.81. The molecular weight excluding hydrogens is 308 g/mol. The second-order valence-electron chi connectivity index (χ2n) is 5.96. The van der Waals surface area contributed by atoms with Gasteiger partial charge in [-0.2, -0.15) is 0 Å². The zero-order valence-electron chi connectivity index (χ0n) is 14.0.